The van der Waals surface area contributed by atoms with Crippen molar-refractivity contribution in [2.24, 2.45) is 5.92 Å². The summed E-state index contributed by atoms with van der Waals surface area (Å²) in [4.78, 5) is 6.63. The molecule has 0 amide bonds. The van der Waals surface area contributed by atoms with Crippen molar-refractivity contribution >= 4 is 5.69 Å². The predicted octanol–water partition coefficient (Wildman–Crippen LogP) is 0.888. The smallest absolute Gasteiger partial charge is 0.139 e. The molecule has 16 heavy (non-hydrogen) atoms. The number of aromatic nitrogens is 1. The molecule has 0 radical (unpaired) electrons. The minimum Gasteiger partial charge on any atom is -0.495 e. The molecule has 0 aromatic carbocycles. The summed E-state index contributed by atoms with van der Waals surface area (Å²) in [6.07, 6.45) is 5.00. The number of hydrogen-bond donors (Lipinski definition) is 1. The Bertz CT molecular complexity index is 370. The zero-order valence-electron chi connectivity index (χ0n) is 9.52. The molecule has 0 aliphatic carbocycles. The van der Waals surface area contributed by atoms with E-state index in [1.54, 1.807) is 13.3 Å². The minimum absolute atomic E-state index is 0.657. The van der Waals surface area contributed by atoms with E-state index in [-0.39, 0.29) is 0 Å². The summed E-state index contributed by atoms with van der Waals surface area (Å²) < 4.78 is 5.21. The predicted molar refractivity (Wildman–Crippen MR) is 62.9 cm³/mol. The maximum absolute atomic E-state index is 5.21. The molecular formula is C12H17N3O. The molecule has 86 valence electrons. The van der Waals surface area contributed by atoms with Crippen molar-refractivity contribution in [3.8, 4) is 5.75 Å². The lowest BCUT2D eigenvalue weighted by Gasteiger charge is -2.32. The van der Waals surface area contributed by atoms with Crippen molar-refractivity contribution in [2.45, 2.75) is 12.5 Å². The van der Waals surface area contributed by atoms with Gasteiger partial charge in [-0.05, 0) is 12.3 Å². The van der Waals surface area contributed by atoms with E-state index in [2.05, 4.69) is 21.3 Å². The van der Waals surface area contributed by atoms with E-state index in [0.717, 1.165) is 24.8 Å². The van der Waals surface area contributed by atoms with Crippen LogP contribution in [0, 0.1) is 5.92 Å². The molecule has 2 aliphatic heterocycles. The van der Waals surface area contributed by atoms with Crippen molar-refractivity contribution in [1.82, 2.24) is 10.3 Å². The van der Waals surface area contributed by atoms with E-state index in [4.69, 9.17) is 4.74 Å². The number of nitrogens with zero attached hydrogens (tertiary/aromatic N) is 2. The quantitative estimate of drug-likeness (QED) is 0.801. The second kappa shape index (κ2) is 3.94. The summed E-state index contributed by atoms with van der Waals surface area (Å²) in [5, 5.41) is 3.55. The first kappa shape index (κ1) is 9.90. The molecule has 1 aromatic heterocycles. The third kappa shape index (κ3) is 1.73. The number of pyridine rings is 1. The molecule has 2 bridgehead atoms. The first-order valence-electron chi connectivity index (χ1n) is 5.82. The second-order valence-electron chi connectivity index (χ2n) is 4.69. The van der Waals surface area contributed by atoms with E-state index in [1.807, 2.05) is 6.20 Å². The summed E-state index contributed by atoms with van der Waals surface area (Å²) in [7, 11) is 1.68. The lowest BCUT2D eigenvalue weighted by Crippen LogP contribution is -2.41. The van der Waals surface area contributed by atoms with Crippen LogP contribution in [0.3, 0.4) is 0 Å². The van der Waals surface area contributed by atoms with Gasteiger partial charge in [-0.3, -0.25) is 4.98 Å². The van der Waals surface area contributed by atoms with E-state index in [9.17, 15) is 0 Å². The van der Waals surface area contributed by atoms with Gasteiger partial charge in [0.25, 0.3) is 0 Å². The minimum atomic E-state index is 0.657. The number of anilines is 1. The molecule has 2 saturated heterocycles. The SMILES string of the molecule is COc1cncc(N2C[C@@H]3CN[C@@H](C3)C2)c1. The fourth-order valence-electron chi connectivity index (χ4n) is 2.74. The van der Waals surface area contributed by atoms with E-state index in [1.165, 1.54) is 18.7 Å². The molecule has 0 spiro atoms. The topological polar surface area (TPSA) is 37.4 Å². The van der Waals surface area contributed by atoms with Gasteiger partial charge in [-0.25, -0.2) is 0 Å². The zero-order chi connectivity index (χ0) is 11.0. The first-order valence-corrected chi connectivity index (χ1v) is 5.82. The second-order valence-corrected chi connectivity index (χ2v) is 4.69. The van der Waals surface area contributed by atoms with E-state index >= 15 is 0 Å². The third-order valence-corrected chi connectivity index (χ3v) is 3.53. The molecule has 0 unspecified atom stereocenters. The number of piperidine rings is 1. The van der Waals surface area contributed by atoms with Gasteiger partial charge in [-0.2, -0.15) is 0 Å². The molecule has 3 rings (SSSR count). The van der Waals surface area contributed by atoms with E-state index in [0.29, 0.717) is 6.04 Å². The van der Waals surface area contributed by atoms with Crippen LogP contribution in [0.25, 0.3) is 0 Å². The first-order chi connectivity index (χ1) is 7.85. The van der Waals surface area contributed by atoms with Gasteiger partial charge in [-0.15, -0.1) is 0 Å². The van der Waals surface area contributed by atoms with Crippen molar-refractivity contribution in [3.05, 3.63) is 18.5 Å². The largest absolute Gasteiger partial charge is 0.495 e. The fourth-order valence-corrected chi connectivity index (χ4v) is 2.74. The van der Waals surface area contributed by atoms with E-state index < -0.39 is 0 Å². The van der Waals surface area contributed by atoms with Crippen LogP contribution >= 0.6 is 0 Å². The zero-order valence-corrected chi connectivity index (χ0v) is 9.52. The van der Waals surface area contributed by atoms with Gasteiger partial charge in [0, 0.05) is 31.7 Å². The molecule has 1 N–H and O–H groups in total. The summed E-state index contributed by atoms with van der Waals surface area (Å²) in [6.45, 7) is 3.39. The summed E-state index contributed by atoms with van der Waals surface area (Å²) in [6, 6.07) is 2.72. The number of hydrogen-bond acceptors (Lipinski definition) is 4. The number of nitrogens with one attached hydrogen (secondary N) is 1. The van der Waals surface area contributed by atoms with Crippen molar-refractivity contribution in [3.63, 3.8) is 0 Å². The maximum Gasteiger partial charge on any atom is 0.139 e. The van der Waals surface area contributed by atoms with Gasteiger partial charge >= 0.3 is 0 Å². The van der Waals surface area contributed by atoms with Crippen molar-refractivity contribution < 1.29 is 4.74 Å². The Kier molecular flexibility index (Phi) is 2.44. The lowest BCUT2D eigenvalue weighted by molar-refractivity contribution is 0.412. The van der Waals surface area contributed by atoms with Crippen LogP contribution in [-0.2, 0) is 0 Å². The molecular weight excluding hydrogens is 202 g/mol. The van der Waals surface area contributed by atoms with Crippen LogP contribution in [0.4, 0.5) is 5.69 Å². The van der Waals surface area contributed by atoms with Gasteiger partial charge in [0.2, 0.25) is 0 Å². The van der Waals surface area contributed by atoms with Crippen LogP contribution in [0.1, 0.15) is 6.42 Å². The molecule has 4 nitrogen and oxygen atoms in total. The number of ether oxygens (including phenoxy) is 1. The van der Waals surface area contributed by atoms with Crippen LogP contribution < -0.4 is 15.0 Å². The van der Waals surface area contributed by atoms with Gasteiger partial charge < -0.3 is 15.0 Å². The van der Waals surface area contributed by atoms with Gasteiger partial charge in [0.15, 0.2) is 0 Å². The summed E-state index contributed by atoms with van der Waals surface area (Å²) in [5.41, 5.74) is 1.18. The van der Waals surface area contributed by atoms with Gasteiger partial charge in [0.05, 0.1) is 25.2 Å². The number of fused-ring (bicyclic) bond motifs is 2. The third-order valence-electron chi connectivity index (χ3n) is 3.53. The monoisotopic (exact) mass is 219 g/mol. The molecule has 0 saturated carbocycles. The normalized spacial score (nSPS) is 28.2. The Labute approximate surface area is 95.6 Å². The maximum atomic E-state index is 5.21. The Morgan fingerprint density at radius 3 is 3.19 bits per heavy atom. The highest BCUT2D eigenvalue weighted by molar-refractivity contribution is 5.49. The van der Waals surface area contributed by atoms with Gasteiger partial charge in [-0.1, -0.05) is 0 Å². The Hall–Kier alpha value is -1.29. The molecule has 2 atom stereocenters. The molecule has 4 heteroatoms. The van der Waals surface area contributed by atoms with Crippen LogP contribution in [0.2, 0.25) is 0 Å². The number of rotatable bonds is 2. The Morgan fingerprint density at radius 1 is 1.44 bits per heavy atom. The Balaban J connectivity index is 1.81. The molecule has 2 aliphatic rings. The summed E-state index contributed by atoms with van der Waals surface area (Å²) >= 11 is 0. The average molecular weight is 219 g/mol. The number of methoxy groups -OCH3 is 1. The van der Waals surface area contributed by atoms with Crippen LogP contribution in [0.15, 0.2) is 18.5 Å². The Morgan fingerprint density at radius 2 is 2.38 bits per heavy atom. The highest BCUT2D eigenvalue weighted by Crippen LogP contribution is 2.28. The standard InChI is InChI=1S/C12H17N3O/c1-16-12-3-11(5-13-6-12)15-7-9-2-10(8-15)14-4-9/h3,5-6,9-10,14H,2,4,7-8H2,1H3/t9-,10-/m0/s1. The lowest BCUT2D eigenvalue weighted by atomic mass is 10.00. The van der Waals surface area contributed by atoms with Crippen LogP contribution in [0.5, 0.6) is 5.75 Å². The highest BCUT2D eigenvalue weighted by atomic mass is 16.5. The average Bonchev–Trinajstić information content (AvgIpc) is 2.68. The highest BCUT2D eigenvalue weighted by Gasteiger charge is 2.32. The van der Waals surface area contributed by atoms with Crippen molar-refractivity contribution in [1.29, 1.82) is 0 Å². The molecule has 3 heterocycles. The van der Waals surface area contributed by atoms with Crippen LogP contribution in [-0.4, -0.2) is 37.8 Å². The van der Waals surface area contributed by atoms with Gasteiger partial charge in [0.1, 0.15) is 5.75 Å². The summed E-state index contributed by atoms with van der Waals surface area (Å²) in [5.74, 6) is 1.63. The van der Waals surface area contributed by atoms with Crippen molar-refractivity contribution in [2.75, 3.05) is 31.6 Å². The fraction of sp³-hybridized carbons (Fsp3) is 0.583. The molecule has 1 aromatic rings. The molecule has 2 fully saturated rings.